The molecule has 10 heteroatoms. The topological polar surface area (TPSA) is 104 Å². The third-order valence-corrected chi connectivity index (χ3v) is 8.37. The quantitative estimate of drug-likeness (QED) is 0.258. The second kappa shape index (κ2) is 15.7. The smallest absolute Gasteiger partial charge is 0.328 e. The molecule has 2 N–H and O–H groups in total. The van der Waals surface area contributed by atoms with Gasteiger partial charge in [0.1, 0.15) is 6.04 Å². The first-order valence-electron chi connectivity index (χ1n) is 14.3. The Hall–Kier alpha value is -3.47. The average Bonchev–Trinajstić information content (AvgIpc) is 3.54. The molecule has 1 aliphatic rings. The standard InChI is InChI=1S/C32H41N5O4S/c1-36(25-13-17-33-18-14-25)21-29(38)31(27-12-7-16-34-27)37(20-24-10-6-9-23-8-4-5-11-26(23)24)22-30(39)35-28(15-19-42-3)32(40)41-2/h4-6,8-11,13-14,17-18,27-28,31,34H,7,12,15-16,19-22H2,1-3H3,(H,35,39)/t27-,28-,31?/m0/s1. The van der Waals surface area contributed by atoms with Crippen molar-refractivity contribution in [3.8, 4) is 0 Å². The van der Waals surface area contributed by atoms with E-state index >= 15 is 0 Å². The SMILES string of the molecule is COC(=O)[C@H](CCSC)NC(=O)CN(Cc1cccc2ccccc12)C(C(=O)CN(C)c1ccncc1)[C@@H]1CCCN1. The monoisotopic (exact) mass is 591 g/mol. The minimum atomic E-state index is -0.745. The lowest BCUT2D eigenvalue weighted by Gasteiger charge is -2.36. The zero-order valence-corrected chi connectivity index (χ0v) is 25.4. The highest BCUT2D eigenvalue weighted by molar-refractivity contribution is 7.98. The summed E-state index contributed by atoms with van der Waals surface area (Å²) in [4.78, 5) is 48.2. The van der Waals surface area contributed by atoms with Crippen LogP contribution >= 0.6 is 11.8 Å². The van der Waals surface area contributed by atoms with Gasteiger partial charge >= 0.3 is 5.97 Å². The van der Waals surface area contributed by atoms with Crippen LogP contribution in [0.25, 0.3) is 10.8 Å². The van der Waals surface area contributed by atoms with Crippen LogP contribution in [0.2, 0.25) is 0 Å². The van der Waals surface area contributed by atoms with Crippen LogP contribution in [-0.4, -0.2) is 91.5 Å². The largest absolute Gasteiger partial charge is 0.467 e. The highest BCUT2D eigenvalue weighted by Crippen LogP contribution is 2.24. The Balaban J connectivity index is 1.65. The summed E-state index contributed by atoms with van der Waals surface area (Å²) in [5.41, 5.74) is 1.93. The molecule has 0 saturated carbocycles. The van der Waals surface area contributed by atoms with Gasteiger partial charge in [-0.05, 0) is 66.3 Å². The molecule has 3 atom stereocenters. The van der Waals surface area contributed by atoms with Gasteiger partial charge in [0.2, 0.25) is 5.91 Å². The number of hydrogen-bond donors (Lipinski definition) is 2. The number of likely N-dealkylation sites (N-methyl/N-ethyl adjacent to an activating group) is 1. The molecule has 0 bridgehead atoms. The average molecular weight is 592 g/mol. The summed E-state index contributed by atoms with van der Waals surface area (Å²) >= 11 is 1.60. The van der Waals surface area contributed by atoms with E-state index in [0.29, 0.717) is 18.7 Å². The number of ketones is 1. The number of carbonyl (C=O) groups excluding carboxylic acids is 3. The van der Waals surface area contributed by atoms with Crippen LogP contribution in [0.4, 0.5) is 5.69 Å². The molecule has 2 heterocycles. The number of esters is 1. The lowest BCUT2D eigenvalue weighted by atomic mass is 9.97. The molecule has 1 unspecified atom stereocenters. The van der Waals surface area contributed by atoms with Gasteiger partial charge in [0.15, 0.2) is 5.78 Å². The third-order valence-electron chi connectivity index (χ3n) is 7.73. The van der Waals surface area contributed by atoms with Crippen molar-refractivity contribution in [3.05, 3.63) is 72.6 Å². The van der Waals surface area contributed by atoms with Crippen LogP contribution in [0.3, 0.4) is 0 Å². The number of aromatic nitrogens is 1. The van der Waals surface area contributed by atoms with Gasteiger partial charge in [-0.1, -0.05) is 42.5 Å². The molecule has 3 aromatic rings. The zero-order valence-electron chi connectivity index (χ0n) is 24.6. The number of hydrogen-bond acceptors (Lipinski definition) is 9. The van der Waals surface area contributed by atoms with Gasteiger partial charge in [0.25, 0.3) is 0 Å². The first kappa shape index (κ1) is 31.5. The fraction of sp³-hybridized carbons (Fsp3) is 0.438. The molecule has 9 nitrogen and oxygen atoms in total. The van der Waals surface area contributed by atoms with Crippen LogP contribution in [-0.2, 0) is 25.7 Å². The molecule has 42 heavy (non-hydrogen) atoms. The van der Waals surface area contributed by atoms with Gasteiger partial charge in [0, 0.05) is 37.7 Å². The molecular formula is C32H41N5O4S. The van der Waals surface area contributed by atoms with Gasteiger partial charge in [-0.15, -0.1) is 0 Å². The summed E-state index contributed by atoms with van der Waals surface area (Å²) in [5, 5.41) is 8.59. The van der Waals surface area contributed by atoms with Crippen molar-refractivity contribution in [1.29, 1.82) is 0 Å². The summed E-state index contributed by atoms with van der Waals surface area (Å²) in [6.45, 7) is 1.36. The van der Waals surface area contributed by atoms with Gasteiger partial charge < -0.3 is 20.3 Å². The minimum absolute atomic E-state index is 0.0219. The van der Waals surface area contributed by atoms with Crippen molar-refractivity contribution in [1.82, 2.24) is 20.5 Å². The summed E-state index contributed by atoms with van der Waals surface area (Å²) in [7, 11) is 3.22. The Labute approximate surface area is 252 Å². The van der Waals surface area contributed by atoms with E-state index in [1.807, 2.05) is 53.4 Å². The number of benzene rings is 2. The van der Waals surface area contributed by atoms with E-state index < -0.39 is 18.1 Å². The van der Waals surface area contributed by atoms with Crippen LogP contribution in [0, 0.1) is 0 Å². The Morgan fingerprint density at radius 3 is 2.57 bits per heavy atom. The number of nitrogens with zero attached hydrogens (tertiary/aromatic N) is 3. The molecule has 0 aliphatic carbocycles. The van der Waals surface area contributed by atoms with E-state index in [-0.39, 0.29) is 30.8 Å². The van der Waals surface area contributed by atoms with Crippen LogP contribution in [0.1, 0.15) is 24.8 Å². The minimum Gasteiger partial charge on any atom is -0.467 e. The van der Waals surface area contributed by atoms with E-state index in [4.69, 9.17) is 4.74 Å². The van der Waals surface area contributed by atoms with Crippen LogP contribution < -0.4 is 15.5 Å². The number of nitrogens with one attached hydrogen (secondary N) is 2. The van der Waals surface area contributed by atoms with Crippen LogP contribution in [0.15, 0.2) is 67.0 Å². The highest BCUT2D eigenvalue weighted by Gasteiger charge is 2.37. The van der Waals surface area contributed by atoms with Crippen LogP contribution in [0.5, 0.6) is 0 Å². The van der Waals surface area contributed by atoms with Crippen molar-refractivity contribution in [2.24, 2.45) is 0 Å². The molecule has 2 aromatic carbocycles. The van der Waals surface area contributed by atoms with E-state index in [9.17, 15) is 14.4 Å². The lowest BCUT2D eigenvalue weighted by molar-refractivity contribution is -0.145. The Morgan fingerprint density at radius 1 is 1.10 bits per heavy atom. The predicted octanol–water partition coefficient (Wildman–Crippen LogP) is 3.27. The molecule has 1 aromatic heterocycles. The number of rotatable bonds is 15. The number of carbonyl (C=O) groups is 3. The highest BCUT2D eigenvalue weighted by atomic mass is 32.2. The number of amides is 1. The summed E-state index contributed by atoms with van der Waals surface area (Å²) < 4.78 is 4.96. The number of fused-ring (bicyclic) bond motifs is 1. The normalized spacial score (nSPS) is 16.2. The van der Waals surface area contributed by atoms with Crippen molar-refractivity contribution in [3.63, 3.8) is 0 Å². The van der Waals surface area contributed by atoms with Crippen molar-refractivity contribution in [2.45, 2.75) is 43.9 Å². The van der Waals surface area contributed by atoms with E-state index in [1.54, 1.807) is 24.2 Å². The molecule has 1 saturated heterocycles. The maximum absolute atomic E-state index is 14.2. The fourth-order valence-electron chi connectivity index (χ4n) is 5.63. The number of ether oxygens (including phenoxy) is 1. The number of thioether (sulfide) groups is 1. The second-order valence-corrected chi connectivity index (χ2v) is 11.6. The van der Waals surface area contributed by atoms with E-state index in [2.05, 4.69) is 39.9 Å². The molecule has 1 aliphatic heterocycles. The fourth-order valence-corrected chi connectivity index (χ4v) is 6.11. The van der Waals surface area contributed by atoms with Crippen molar-refractivity contribution in [2.75, 3.05) is 50.7 Å². The summed E-state index contributed by atoms with van der Waals surface area (Å²) in [5.74, 6) is -0.0606. The zero-order chi connectivity index (χ0) is 29.9. The summed E-state index contributed by atoms with van der Waals surface area (Å²) in [6, 6.07) is 16.6. The first-order valence-corrected chi connectivity index (χ1v) is 15.7. The molecular weight excluding hydrogens is 550 g/mol. The number of methoxy groups -OCH3 is 1. The number of anilines is 1. The third kappa shape index (κ3) is 8.30. The maximum atomic E-state index is 14.2. The van der Waals surface area contributed by atoms with Crippen molar-refractivity contribution >= 4 is 45.9 Å². The summed E-state index contributed by atoms with van der Waals surface area (Å²) in [6.07, 6.45) is 7.63. The second-order valence-electron chi connectivity index (χ2n) is 10.6. The molecule has 0 radical (unpaired) electrons. The Kier molecular flexibility index (Phi) is 11.7. The molecule has 224 valence electrons. The van der Waals surface area contributed by atoms with Crippen molar-refractivity contribution < 1.29 is 19.1 Å². The van der Waals surface area contributed by atoms with Gasteiger partial charge in [-0.3, -0.25) is 19.5 Å². The van der Waals surface area contributed by atoms with E-state index in [0.717, 1.165) is 41.4 Å². The number of Topliss-reactive ketones (excluding diaryl/α,β-unsaturated/α-hetero) is 1. The lowest BCUT2D eigenvalue weighted by Crippen LogP contribution is -2.57. The van der Waals surface area contributed by atoms with Gasteiger partial charge in [-0.25, -0.2) is 4.79 Å². The Morgan fingerprint density at radius 2 is 1.86 bits per heavy atom. The van der Waals surface area contributed by atoms with Gasteiger partial charge in [0.05, 0.1) is 26.2 Å². The number of pyridine rings is 1. The molecule has 1 fully saturated rings. The Bertz CT molecular complexity index is 1330. The van der Waals surface area contributed by atoms with E-state index in [1.165, 1.54) is 7.11 Å². The maximum Gasteiger partial charge on any atom is 0.328 e. The molecule has 1 amide bonds. The predicted molar refractivity (Wildman–Crippen MR) is 169 cm³/mol. The molecule has 0 spiro atoms. The van der Waals surface area contributed by atoms with Gasteiger partial charge in [-0.2, -0.15) is 11.8 Å². The first-order chi connectivity index (χ1) is 20.4. The molecule has 4 rings (SSSR count).